The van der Waals surface area contributed by atoms with Crippen LogP contribution in [0, 0.1) is 5.92 Å². The maximum absolute atomic E-state index is 13.3. The second-order valence-electron chi connectivity index (χ2n) is 6.85. The summed E-state index contributed by atoms with van der Waals surface area (Å²) in [5.41, 5.74) is 12.7. The molecule has 2 aliphatic rings. The maximum atomic E-state index is 13.3. The van der Waals surface area contributed by atoms with E-state index in [-0.39, 0.29) is 31.3 Å². The Labute approximate surface area is 152 Å². The largest absolute Gasteiger partial charge is 0.335 e. The van der Waals surface area contributed by atoms with Crippen LogP contribution in [0.15, 0.2) is 30.3 Å². The summed E-state index contributed by atoms with van der Waals surface area (Å²) in [6.07, 6.45) is -2.46. The summed E-state index contributed by atoms with van der Waals surface area (Å²) in [6.45, 7) is 2.99. The average molecular weight is 365 g/mol. The van der Waals surface area contributed by atoms with Gasteiger partial charge in [-0.3, -0.25) is 20.7 Å². The molecule has 0 spiro atoms. The zero-order valence-electron chi connectivity index (χ0n) is 14.9. The molecule has 1 amide bonds. The minimum Gasteiger partial charge on any atom is -0.335 e. The first-order valence-corrected chi connectivity index (χ1v) is 8.96. The fourth-order valence-corrected chi connectivity index (χ4v) is 3.59. The smallest absolute Gasteiger partial charge is 0.230 e. The maximum Gasteiger partial charge on any atom is 0.230 e. The number of anilines is 1. The monoisotopic (exact) mass is 365 g/mol. The lowest BCUT2D eigenvalue weighted by molar-refractivity contribution is -0.127. The number of nitrogens with two attached hydrogens (primary N) is 2. The molecule has 3 atom stereocenters. The molecule has 9 heteroatoms. The number of amides is 1. The van der Waals surface area contributed by atoms with E-state index >= 15 is 0 Å². The van der Waals surface area contributed by atoms with Gasteiger partial charge in [0.15, 0.2) is 0 Å². The van der Waals surface area contributed by atoms with Gasteiger partial charge < -0.3 is 21.7 Å². The van der Waals surface area contributed by atoms with Crippen molar-refractivity contribution in [2.75, 3.05) is 24.5 Å². The van der Waals surface area contributed by atoms with Gasteiger partial charge in [0.25, 0.3) is 0 Å². The van der Waals surface area contributed by atoms with E-state index in [1.54, 1.807) is 0 Å². The Morgan fingerprint density at radius 3 is 2.46 bits per heavy atom. The van der Waals surface area contributed by atoms with Crippen LogP contribution in [0.25, 0.3) is 0 Å². The lowest BCUT2D eigenvalue weighted by Crippen LogP contribution is -2.66. The van der Waals surface area contributed by atoms with E-state index in [4.69, 9.17) is 11.5 Å². The van der Waals surface area contributed by atoms with Crippen LogP contribution >= 0.6 is 0 Å². The van der Waals surface area contributed by atoms with Crippen LogP contribution in [0.4, 0.5) is 10.1 Å². The van der Waals surface area contributed by atoms with Crippen molar-refractivity contribution < 1.29 is 9.18 Å². The number of benzene rings is 1. The zero-order chi connectivity index (χ0) is 18.7. The zero-order valence-corrected chi connectivity index (χ0v) is 14.9. The van der Waals surface area contributed by atoms with Crippen molar-refractivity contribution in [2.24, 2.45) is 17.4 Å². The number of para-hydroxylation sites is 1. The lowest BCUT2D eigenvalue weighted by Gasteiger charge is -2.36. The Kier molecular flexibility index (Phi) is 6.05. The SMILES string of the molecule is CC1NCC(NC(=O)C(C(N)N)C2NCC(F)CN2)N1c1ccccc1. The minimum absolute atomic E-state index is 0.0749. The van der Waals surface area contributed by atoms with Gasteiger partial charge in [-0.25, -0.2) is 4.39 Å². The average Bonchev–Trinajstić information content (AvgIpc) is 2.97. The standard InChI is InChI=1S/C17H28FN7O/c1-10-21-9-13(25(10)12-5-3-2-4-6-12)24-17(26)14(15(19)20)16-22-7-11(18)8-23-16/h2-6,10-11,13-16,21-23H,7-9,19-20H2,1H3,(H,24,26). The minimum atomic E-state index is -0.989. The van der Waals surface area contributed by atoms with Crippen molar-refractivity contribution in [3.8, 4) is 0 Å². The molecule has 1 aromatic rings. The molecular weight excluding hydrogens is 337 g/mol. The van der Waals surface area contributed by atoms with Crippen LogP contribution in [0.1, 0.15) is 6.92 Å². The highest BCUT2D eigenvalue weighted by atomic mass is 19.1. The molecule has 0 bridgehead atoms. The van der Waals surface area contributed by atoms with Gasteiger partial charge in [-0.15, -0.1) is 0 Å². The Bertz CT molecular complexity index is 594. The van der Waals surface area contributed by atoms with Gasteiger partial charge in [-0.1, -0.05) is 18.2 Å². The highest BCUT2D eigenvalue weighted by Crippen LogP contribution is 2.21. The van der Waals surface area contributed by atoms with Gasteiger partial charge in [0, 0.05) is 25.3 Å². The molecule has 2 heterocycles. The second kappa shape index (κ2) is 8.28. The number of carbonyl (C=O) groups excluding carboxylic acids is 1. The first-order chi connectivity index (χ1) is 12.5. The fraction of sp³-hybridized carbons (Fsp3) is 0.588. The van der Waals surface area contributed by atoms with E-state index in [1.807, 2.05) is 37.3 Å². The summed E-state index contributed by atoms with van der Waals surface area (Å²) in [5, 5.41) is 12.3. The Morgan fingerprint density at radius 1 is 1.19 bits per heavy atom. The summed E-state index contributed by atoms with van der Waals surface area (Å²) in [6, 6.07) is 9.87. The molecule has 0 aliphatic carbocycles. The second-order valence-corrected chi connectivity index (χ2v) is 6.85. The Morgan fingerprint density at radius 2 is 1.85 bits per heavy atom. The van der Waals surface area contributed by atoms with Crippen molar-refractivity contribution in [3.63, 3.8) is 0 Å². The van der Waals surface area contributed by atoms with Gasteiger partial charge >= 0.3 is 0 Å². The van der Waals surface area contributed by atoms with Crippen LogP contribution in [-0.2, 0) is 4.79 Å². The molecule has 2 fully saturated rings. The number of hydrogen-bond donors (Lipinski definition) is 6. The Hall–Kier alpha value is -1.78. The molecule has 1 aromatic carbocycles. The van der Waals surface area contributed by atoms with Gasteiger partial charge in [0.2, 0.25) is 5.91 Å². The quantitative estimate of drug-likeness (QED) is 0.355. The third kappa shape index (κ3) is 4.13. The van der Waals surface area contributed by atoms with Crippen LogP contribution < -0.4 is 37.6 Å². The molecule has 26 heavy (non-hydrogen) atoms. The molecule has 0 radical (unpaired) electrons. The molecule has 3 unspecified atom stereocenters. The topological polar surface area (TPSA) is 120 Å². The fourth-order valence-electron chi connectivity index (χ4n) is 3.59. The van der Waals surface area contributed by atoms with Gasteiger partial charge in [0.05, 0.1) is 24.4 Å². The molecule has 144 valence electrons. The van der Waals surface area contributed by atoms with Crippen LogP contribution in [0.2, 0.25) is 0 Å². The van der Waals surface area contributed by atoms with E-state index in [2.05, 4.69) is 26.2 Å². The normalized spacial score (nSPS) is 30.4. The van der Waals surface area contributed by atoms with Crippen molar-refractivity contribution in [1.82, 2.24) is 21.3 Å². The number of alkyl halides is 1. The number of halogens is 1. The van der Waals surface area contributed by atoms with Gasteiger partial charge in [-0.05, 0) is 19.1 Å². The summed E-state index contributed by atoms with van der Waals surface area (Å²) >= 11 is 0. The summed E-state index contributed by atoms with van der Waals surface area (Å²) in [7, 11) is 0. The van der Waals surface area contributed by atoms with E-state index in [9.17, 15) is 9.18 Å². The van der Waals surface area contributed by atoms with Crippen LogP contribution in [0.3, 0.4) is 0 Å². The number of rotatable bonds is 5. The highest BCUT2D eigenvalue weighted by molar-refractivity contribution is 5.81. The molecular formula is C17H28FN7O. The first kappa shape index (κ1) is 19.0. The number of nitrogens with zero attached hydrogens (tertiary/aromatic N) is 1. The number of hydrogen-bond acceptors (Lipinski definition) is 7. The van der Waals surface area contributed by atoms with Crippen molar-refractivity contribution in [3.05, 3.63) is 30.3 Å². The van der Waals surface area contributed by atoms with E-state index in [0.717, 1.165) is 5.69 Å². The number of carbonyl (C=O) groups is 1. The first-order valence-electron chi connectivity index (χ1n) is 8.96. The van der Waals surface area contributed by atoms with Crippen molar-refractivity contribution in [1.29, 1.82) is 0 Å². The van der Waals surface area contributed by atoms with Crippen LogP contribution in [0.5, 0.6) is 0 Å². The van der Waals surface area contributed by atoms with Gasteiger partial charge in [0.1, 0.15) is 12.3 Å². The molecule has 2 saturated heterocycles. The van der Waals surface area contributed by atoms with Gasteiger partial charge in [-0.2, -0.15) is 0 Å². The Balaban J connectivity index is 1.70. The van der Waals surface area contributed by atoms with E-state index < -0.39 is 24.4 Å². The molecule has 0 aromatic heterocycles. The predicted molar refractivity (Wildman–Crippen MR) is 98.7 cm³/mol. The van der Waals surface area contributed by atoms with E-state index in [1.165, 1.54) is 0 Å². The predicted octanol–water partition coefficient (Wildman–Crippen LogP) is -1.40. The van der Waals surface area contributed by atoms with Crippen molar-refractivity contribution >= 4 is 11.6 Å². The van der Waals surface area contributed by atoms with Crippen LogP contribution in [-0.4, -0.2) is 56.4 Å². The highest BCUT2D eigenvalue weighted by Gasteiger charge is 2.38. The summed E-state index contributed by atoms with van der Waals surface area (Å²) < 4.78 is 13.3. The summed E-state index contributed by atoms with van der Waals surface area (Å²) in [5.74, 6) is -0.972. The molecule has 8 N–H and O–H groups in total. The third-order valence-corrected chi connectivity index (χ3v) is 4.92. The molecule has 2 aliphatic heterocycles. The number of nitrogens with one attached hydrogen (secondary N) is 4. The third-order valence-electron chi connectivity index (χ3n) is 4.92. The lowest BCUT2D eigenvalue weighted by atomic mass is 9.99. The van der Waals surface area contributed by atoms with Crippen molar-refractivity contribution in [2.45, 2.75) is 37.8 Å². The molecule has 3 rings (SSSR count). The molecule has 8 nitrogen and oxygen atoms in total. The summed E-state index contributed by atoms with van der Waals surface area (Å²) in [4.78, 5) is 15.0. The van der Waals surface area contributed by atoms with E-state index in [0.29, 0.717) is 6.54 Å². The molecule has 0 saturated carbocycles.